The van der Waals surface area contributed by atoms with Crippen LogP contribution in [0.3, 0.4) is 0 Å². The van der Waals surface area contributed by atoms with Gasteiger partial charge in [-0.1, -0.05) is 53.6 Å². The highest BCUT2D eigenvalue weighted by molar-refractivity contribution is 5.78. The van der Waals surface area contributed by atoms with Crippen molar-refractivity contribution in [1.29, 1.82) is 5.26 Å². The number of aryl methyl sites for hydroxylation is 2. The fourth-order valence-corrected chi connectivity index (χ4v) is 2.78. The third-order valence-electron chi connectivity index (χ3n) is 4.09. The Balaban J connectivity index is 2.17. The molecule has 0 saturated heterocycles. The summed E-state index contributed by atoms with van der Waals surface area (Å²) in [5.74, 6) is 0. The number of benzene rings is 3. The van der Waals surface area contributed by atoms with E-state index < -0.39 is 0 Å². The predicted molar refractivity (Wildman–Crippen MR) is 99.9 cm³/mol. The third-order valence-corrected chi connectivity index (χ3v) is 4.09. The molecule has 0 saturated carbocycles. The molecule has 0 amide bonds. The lowest BCUT2D eigenvalue weighted by Gasteiger charge is -2.27. The van der Waals surface area contributed by atoms with E-state index in [1.54, 1.807) is 0 Å². The van der Waals surface area contributed by atoms with Crippen LogP contribution >= 0.6 is 0 Å². The summed E-state index contributed by atoms with van der Waals surface area (Å²) >= 11 is 0. The molecule has 2 heteroatoms. The zero-order valence-corrected chi connectivity index (χ0v) is 14.0. The molecule has 118 valence electrons. The summed E-state index contributed by atoms with van der Waals surface area (Å²) in [7, 11) is 0. The second-order valence-corrected chi connectivity index (χ2v) is 5.97. The van der Waals surface area contributed by atoms with Gasteiger partial charge in [0.05, 0.1) is 18.2 Å². The zero-order chi connectivity index (χ0) is 16.9. The predicted octanol–water partition coefficient (Wildman–Crippen LogP) is 5.84. The van der Waals surface area contributed by atoms with Crippen LogP contribution in [-0.2, 0) is 6.42 Å². The van der Waals surface area contributed by atoms with E-state index in [0.29, 0.717) is 6.42 Å². The first kappa shape index (κ1) is 15.8. The van der Waals surface area contributed by atoms with E-state index in [-0.39, 0.29) is 0 Å². The molecule has 0 radical (unpaired) electrons. The molecule has 3 aromatic rings. The van der Waals surface area contributed by atoms with E-state index in [4.69, 9.17) is 0 Å². The summed E-state index contributed by atoms with van der Waals surface area (Å²) in [6.07, 6.45) is 0.393. The summed E-state index contributed by atoms with van der Waals surface area (Å²) in [6.45, 7) is 4.17. The molecule has 0 unspecified atom stereocenters. The minimum absolute atomic E-state index is 0.393. The van der Waals surface area contributed by atoms with Crippen LogP contribution in [0.1, 0.15) is 16.7 Å². The second-order valence-electron chi connectivity index (χ2n) is 5.97. The largest absolute Gasteiger partial charge is 0.310 e. The minimum atomic E-state index is 0.393. The highest BCUT2D eigenvalue weighted by Gasteiger charge is 2.15. The SMILES string of the molecule is Cc1ccc(N(c2ccc(C)cc2)c2ccccc2CC#N)cc1. The average molecular weight is 312 g/mol. The van der Waals surface area contributed by atoms with Crippen molar-refractivity contribution in [3.63, 3.8) is 0 Å². The topological polar surface area (TPSA) is 27.0 Å². The molecule has 0 aliphatic carbocycles. The van der Waals surface area contributed by atoms with Crippen LogP contribution in [0.15, 0.2) is 72.8 Å². The number of hydrogen-bond acceptors (Lipinski definition) is 2. The first-order valence-electron chi connectivity index (χ1n) is 8.07. The Morgan fingerprint density at radius 1 is 0.750 bits per heavy atom. The molecule has 0 N–H and O–H groups in total. The first-order chi connectivity index (χ1) is 11.7. The summed E-state index contributed by atoms with van der Waals surface area (Å²) in [6, 6.07) is 27.3. The molecule has 0 atom stereocenters. The van der Waals surface area contributed by atoms with Gasteiger partial charge in [-0.2, -0.15) is 5.26 Å². The van der Waals surface area contributed by atoms with Crippen LogP contribution < -0.4 is 4.90 Å². The van der Waals surface area contributed by atoms with Crippen molar-refractivity contribution in [3.8, 4) is 6.07 Å². The quantitative estimate of drug-likeness (QED) is 0.605. The standard InChI is InChI=1S/C22H20N2/c1-17-7-11-20(12-8-17)24(21-13-9-18(2)10-14-21)22-6-4-3-5-19(22)15-16-23/h3-14H,15H2,1-2H3. The second kappa shape index (κ2) is 7.02. The van der Waals surface area contributed by atoms with Gasteiger partial charge in [-0.3, -0.25) is 0 Å². The minimum Gasteiger partial charge on any atom is -0.310 e. The summed E-state index contributed by atoms with van der Waals surface area (Å²) < 4.78 is 0. The molecule has 24 heavy (non-hydrogen) atoms. The molecule has 0 bridgehead atoms. The van der Waals surface area contributed by atoms with E-state index in [0.717, 1.165) is 22.6 Å². The maximum absolute atomic E-state index is 9.17. The molecule has 0 aromatic heterocycles. The number of nitriles is 1. The van der Waals surface area contributed by atoms with Gasteiger partial charge in [-0.05, 0) is 49.7 Å². The van der Waals surface area contributed by atoms with Crippen LogP contribution in [0.2, 0.25) is 0 Å². The third kappa shape index (κ3) is 3.31. The smallest absolute Gasteiger partial charge is 0.0670 e. The molecule has 0 aliphatic heterocycles. The number of hydrogen-bond donors (Lipinski definition) is 0. The number of anilines is 3. The van der Waals surface area contributed by atoms with Gasteiger partial charge in [0.15, 0.2) is 0 Å². The Bertz CT molecular complexity index is 810. The molecule has 0 heterocycles. The fourth-order valence-electron chi connectivity index (χ4n) is 2.78. The van der Waals surface area contributed by atoms with Crippen LogP contribution in [0.5, 0.6) is 0 Å². The van der Waals surface area contributed by atoms with E-state index in [1.807, 2.05) is 18.2 Å². The molecule has 0 fully saturated rings. The molecule has 0 spiro atoms. The Labute approximate surface area is 143 Å². The fraction of sp³-hybridized carbons (Fsp3) is 0.136. The Morgan fingerprint density at radius 2 is 1.25 bits per heavy atom. The van der Waals surface area contributed by atoms with Crippen LogP contribution in [0.25, 0.3) is 0 Å². The van der Waals surface area contributed by atoms with Gasteiger partial charge in [0.2, 0.25) is 0 Å². The van der Waals surface area contributed by atoms with Crippen molar-refractivity contribution in [2.45, 2.75) is 20.3 Å². The van der Waals surface area contributed by atoms with Crippen molar-refractivity contribution >= 4 is 17.1 Å². The number of rotatable bonds is 4. The normalized spacial score (nSPS) is 10.2. The maximum Gasteiger partial charge on any atom is 0.0670 e. The summed E-state index contributed by atoms with van der Waals surface area (Å²) in [4.78, 5) is 2.21. The zero-order valence-electron chi connectivity index (χ0n) is 14.0. The highest BCUT2D eigenvalue weighted by Crippen LogP contribution is 2.36. The Hall–Kier alpha value is -3.05. The molecule has 2 nitrogen and oxygen atoms in total. The summed E-state index contributed by atoms with van der Waals surface area (Å²) in [5.41, 5.74) is 6.72. The van der Waals surface area contributed by atoms with Crippen molar-refractivity contribution < 1.29 is 0 Å². The highest BCUT2D eigenvalue weighted by atomic mass is 15.1. The van der Waals surface area contributed by atoms with Gasteiger partial charge >= 0.3 is 0 Å². The van der Waals surface area contributed by atoms with Gasteiger partial charge in [0, 0.05) is 11.4 Å². The molecular weight excluding hydrogens is 292 g/mol. The van der Waals surface area contributed by atoms with Gasteiger partial charge in [0.25, 0.3) is 0 Å². The summed E-state index contributed by atoms with van der Waals surface area (Å²) in [5, 5.41) is 9.17. The molecular formula is C22H20N2. The lowest BCUT2D eigenvalue weighted by Crippen LogP contribution is -2.12. The number of nitrogens with zero attached hydrogens (tertiary/aromatic N) is 2. The lowest BCUT2D eigenvalue weighted by molar-refractivity contribution is 1.19. The molecule has 3 aromatic carbocycles. The van der Waals surface area contributed by atoms with E-state index in [1.165, 1.54) is 11.1 Å². The van der Waals surface area contributed by atoms with Crippen molar-refractivity contribution in [2.75, 3.05) is 4.90 Å². The first-order valence-corrected chi connectivity index (χ1v) is 8.07. The van der Waals surface area contributed by atoms with Gasteiger partial charge < -0.3 is 4.90 Å². The monoisotopic (exact) mass is 312 g/mol. The van der Waals surface area contributed by atoms with Crippen molar-refractivity contribution in [1.82, 2.24) is 0 Å². The van der Waals surface area contributed by atoms with Gasteiger partial charge in [-0.15, -0.1) is 0 Å². The Kier molecular flexibility index (Phi) is 4.63. The van der Waals surface area contributed by atoms with E-state index >= 15 is 0 Å². The van der Waals surface area contributed by atoms with Crippen molar-refractivity contribution in [2.24, 2.45) is 0 Å². The lowest BCUT2D eigenvalue weighted by atomic mass is 10.1. The van der Waals surface area contributed by atoms with E-state index in [2.05, 4.69) is 79.4 Å². The van der Waals surface area contributed by atoms with Crippen LogP contribution in [0, 0.1) is 25.2 Å². The maximum atomic E-state index is 9.17. The molecule has 3 rings (SSSR count). The van der Waals surface area contributed by atoms with Crippen molar-refractivity contribution in [3.05, 3.63) is 89.5 Å². The van der Waals surface area contributed by atoms with E-state index in [9.17, 15) is 5.26 Å². The number of para-hydroxylation sites is 1. The van der Waals surface area contributed by atoms with Gasteiger partial charge in [-0.25, -0.2) is 0 Å². The average Bonchev–Trinajstić information content (AvgIpc) is 2.60. The molecule has 0 aliphatic rings. The van der Waals surface area contributed by atoms with Crippen LogP contribution in [-0.4, -0.2) is 0 Å². The Morgan fingerprint density at radius 3 is 1.75 bits per heavy atom. The van der Waals surface area contributed by atoms with Crippen LogP contribution in [0.4, 0.5) is 17.1 Å². The van der Waals surface area contributed by atoms with Gasteiger partial charge in [0.1, 0.15) is 0 Å².